The number of ether oxygens (including phenoxy) is 2. The Morgan fingerprint density at radius 1 is 0.679 bits per heavy atom. The van der Waals surface area contributed by atoms with Crippen molar-refractivity contribution in [2.24, 2.45) is 17.6 Å². The van der Waals surface area contributed by atoms with Crippen molar-refractivity contribution < 1.29 is 43.3 Å². The number of alkyl carbamates (subject to hydrolysis) is 1. The van der Waals surface area contributed by atoms with E-state index in [1.54, 1.807) is 63.2 Å². The Labute approximate surface area is 328 Å². The minimum absolute atomic E-state index is 0.00651. The zero-order valence-electron chi connectivity index (χ0n) is 33.1. The number of benzene rings is 3. The van der Waals surface area contributed by atoms with Gasteiger partial charge in [0.15, 0.2) is 6.17 Å². The van der Waals surface area contributed by atoms with E-state index in [9.17, 15) is 33.9 Å². The molecule has 14 heteroatoms. The van der Waals surface area contributed by atoms with E-state index in [2.05, 4.69) is 16.0 Å². The van der Waals surface area contributed by atoms with Gasteiger partial charge in [-0.2, -0.15) is 0 Å². The van der Waals surface area contributed by atoms with Crippen molar-refractivity contribution in [2.75, 3.05) is 0 Å². The van der Waals surface area contributed by atoms with Crippen molar-refractivity contribution in [3.8, 4) is 5.75 Å². The number of phenolic OH excluding ortho intramolecular Hbond substituents is 1. The molecule has 302 valence electrons. The molecule has 3 aromatic rings. The molecule has 0 saturated heterocycles. The van der Waals surface area contributed by atoms with Crippen LogP contribution in [0.4, 0.5) is 4.79 Å². The van der Waals surface area contributed by atoms with Crippen LogP contribution in [0.25, 0.3) is 0 Å². The number of carbonyl (C=O) groups is 6. The Hall–Kier alpha value is -5.76. The molecule has 4 atom stereocenters. The van der Waals surface area contributed by atoms with Crippen LogP contribution in [0, 0.1) is 11.8 Å². The monoisotopic (exact) mass is 773 g/mol. The van der Waals surface area contributed by atoms with Gasteiger partial charge in [-0.3, -0.25) is 24.1 Å². The summed E-state index contributed by atoms with van der Waals surface area (Å²) in [6, 6.07) is 19.9. The molecule has 1 unspecified atom stereocenters. The van der Waals surface area contributed by atoms with Crippen LogP contribution in [0.15, 0.2) is 84.9 Å². The summed E-state index contributed by atoms with van der Waals surface area (Å²) in [5.74, 6) is -5.12. The number of nitrogens with zero attached hydrogens (tertiary/aromatic N) is 1. The summed E-state index contributed by atoms with van der Waals surface area (Å²) >= 11 is 0. The van der Waals surface area contributed by atoms with Gasteiger partial charge in [0.1, 0.15) is 36.1 Å². The largest absolute Gasteiger partial charge is 0.508 e. The van der Waals surface area contributed by atoms with Gasteiger partial charge in [0.25, 0.3) is 11.8 Å². The van der Waals surface area contributed by atoms with Crippen molar-refractivity contribution in [1.29, 1.82) is 0 Å². The third-order valence-electron chi connectivity index (χ3n) is 8.33. The van der Waals surface area contributed by atoms with E-state index >= 15 is 0 Å². The molecule has 14 nitrogen and oxygen atoms in total. The normalized spacial score (nSPS) is 13.5. The lowest BCUT2D eigenvalue weighted by molar-refractivity contribution is -0.155. The van der Waals surface area contributed by atoms with Crippen LogP contribution < -0.4 is 21.7 Å². The third kappa shape index (κ3) is 14.5. The van der Waals surface area contributed by atoms with Crippen LogP contribution in [-0.2, 0) is 52.9 Å². The number of esters is 1. The molecule has 0 heterocycles. The average molecular weight is 774 g/mol. The Balaban J connectivity index is 1.93. The maximum absolute atomic E-state index is 14.3. The van der Waals surface area contributed by atoms with E-state index in [1.165, 1.54) is 38.1 Å². The summed E-state index contributed by atoms with van der Waals surface area (Å²) in [5.41, 5.74) is 7.43. The Morgan fingerprint density at radius 3 is 1.73 bits per heavy atom. The minimum atomic E-state index is -1.95. The van der Waals surface area contributed by atoms with Crippen LogP contribution >= 0.6 is 0 Å². The van der Waals surface area contributed by atoms with E-state index in [1.807, 2.05) is 32.0 Å². The molecule has 5 amide bonds. The fourth-order valence-electron chi connectivity index (χ4n) is 5.57. The van der Waals surface area contributed by atoms with Crippen molar-refractivity contribution in [1.82, 2.24) is 20.9 Å². The summed E-state index contributed by atoms with van der Waals surface area (Å²) in [6.45, 7) is 11.7. The number of amides is 5. The molecule has 0 spiro atoms. The summed E-state index contributed by atoms with van der Waals surface area (Å²) in [5, 5.41) is 17.6. The summed E-state index contributed by atoms with van der Waals surface area (Å²) in [4.78, 5) is 82.8. The standard InChI is InChI=1S/C42H55N5O9/c1-26(2)22-34(40(53)55-25-30-16-12-9-13-17-30)45-36(49)32(23-28-14-10-8-11-15-28)44-37(50)35(43)47(38(51)27(3)4)39(52)33(46-41(54)56-42(5,6)7)24-29-18-20-31(48)21-19-29/h8-21,26-27,32-35,48H,22-25,43H2,1-7H3,(H,44,50)(H,45,49)(H,46,54)/t32-,33-,34-,35?/m0/s1. The van der Waals surface area contributed by atoms with E-state index < -0.39 is 71.5 Å². The Morgan fingerprint density at radius 2 is 1.20 bits per heavy atom. The minimum Gasteiger partial charge on any atom is -0.508 e. The summed E-state index contributed by atoms with van der Waals surface area (Å²) in [6.07, 6.45) is -2.86. The molecule has 0 aliphatic carbocycles. The average Bonchev–Trinajstić information content (AvgIpc) is 3.13. The van der Waals surface area contributed by atoms with E-state index in [0.717, 1.165) is 5.56 Å². The van der Waals surface area contributed by atoms with Crippen molar-refractivity contribution in [3.63, 3.8) is 0 Å². The quantitative estimate of drug-likeness (QED) is 0.0980. The molecular formula is C42H55N5O9. The Kier molecular flexibility index (Phi) is 16.6. The predicted octanol–water partition coefficient (Wildman–Crippen LogP) is 4.13. The number of imide groups is 1. The number of aromatic hydroxyl groups is 1. The smallest absolute Gasteiger partial charge is 0.408 e. The van der Waals surface area contributed by atoms with Crippen LogP contribution in [0.5, 0.6) is 5.75 Å². The van der Waals surface area contributed by atoms with Crippen molar-refractivity contribution >= 4 is 35.7 Å². The van der Waals surface area contributed by atoms with Crippen LogP contribution in [-0.4, -0.2) is 75.6 Å². The first-order chi connectivity index (χ1) is 26.3. The maximum Gasteiger partial charge on any atom is 0.408 e. The SMILES string of the molecule is CC(C)C[C@H](NC(=O)[C@H](Cc1ccccc1)NC(=O)C(N)N(C(=O)C(C)C)C(=O)[C@H](Cc1ccc(O)cc1)NC(=O)OC(C)(C)C)C(=O)OCc1ccccc1. The molecule has 3 aromatic carbocycles. The second-order valence-corrected chi connectivity index (χ2v) is 15.3. The molecule has 0 aromatic heterocycles. The van der Waals surface area contributed by atoms with E-state index in [0.29, 0.717) is 16.0 Å². The lowest BCUT2D eigenvalue weighted by atomic mass is 10.0. The highest BCUT2D eigenvalue weighted by molar-refractivity contribution is 6.04. The molecule has 3 rings (SSSR count). The third-order valence-corrected chi connectivity index (χ3v) is 8.33. The van der Waals surface area contributed by atoms with E-state index in [4.69, 9.17) is 15.2 Å². The van der Waals surface area contributed by atoms with Gasteiger partial charge in [0.2, 0.25) is 11.8 Å². The van der Waals surface area contributed by atoms with Crippen molar-refractivity contribution in [2.45, 2.75) is 104 Å². The van der Waals surface area contributed by atoms with Gasteiger partial charge in [-0.1, -0.05) is 100 Å². The van der Waals surface area contributed by atoms with Crippen LogP contribution in [0.3, 0.4) is 0 Å². The van der Waals surface area contributed by atoms with Gasteiger partial charge >= 0.3 is 12.1 Å². The molecule has 0 bridgehead atoms. The molecular weight excluding hydrogens is 718 g/mol. The van der Waals surface area contributed by atoms with Gasteiger partial charge in [-0.05, 0) is 61.9 Å². The van der Waals surface area contributed by atoms with Crippen LogP contribution in [0.1, 0.15) is 71.6 Å². The maximum atomic E-state index is 14.3. The molecule has 0 saturated carbocycles. The second kappa shape index (κ2) is 20.8. The Bertz CT molecular complexity index is 1780. The molecule has 6 N–H and O–H groups in total. The zero-order valence-corrected chi connectivity index (χ0v) is 33.1. The molecule has 0 aliphatic rings. The molecule has 56 heavy (non-hydrogen) atoms. The number of rotatable bonds is 17. The van der Waals surface area contributed by atoms with Gasteiger partial charge in [0.05, 0.1) is 0 Å². The van der Waals surface area contributed by atoms with Gasteiger partial charge in [0, 0.05) is 18.8 Å². The lowest BCUT2D eigenvalue weighted by Gasteiger charge is -2.32. The second-order valence-electron chi connectivity index (χ2n) is 15.3. The number of phenols is 1. The van der Waals surface area contributed by atoms with Gasteiger partial charge in [-0.15, -0.1) is 0 Å². The number of hydrogen-bond acceptors (Lipinski definition) is 10. The number of carbonyl (C=O) groups excluding carboxylic acids is 6. The van der Waals surface area contributed by atoms with Crippen molar-refractivity contribution in [3.05, 3.63) is 102 Å². The molecule has 0 radical (unpaired) electrons. The highest BCUT2D eigenvalue weighted by atomic mass is 16.6. The summed E-state index contributed by atoms with van der Waals surface area (Å²) in [7, 11) is 0. The highest BCUT2D eigenvalue weighted by Crippen LogP contribution is 2.17. The van der Waals surface area contributed by atoms with Crippen LogP contribution in [0.2, 0.25) is 0 Å². The first kappa shape index (κ1) is 44.6. The van der Waals surface area contributed by atoms with Gasteiger partial charge < -0.3 is 36.3 Å². The predicted molar refractivity (Wildman–Crippen MR) is 209 cm³/mol. The first-order valence-electron chi connectivity index (χ1n) is 18.6. The topological polar surface area (TPSA) is 206 Å². The first-order valence-corrected chi connectivity index (χ1v) is 18.6. The fourth-order valence-corrected chi connectivity index (χ4v) is 5.57. The highest BCUT2D eigenvalue weighted by Gasteiger charge is 2.40. The molecule has 0 aliphatic heterocycles. The molecule has 0 fully saturated rings. The number of hydrogen-bond donors (Lipinski definition) is 5. The fraction of sp³-hybridized carbons (Fsp3) is 0.429. The van der Waals surface area contributed by atoms with Gasteiger partial charge in [-0.25, -0.2) is 9.59 Å². The zero-order chi connectivity index (χ0) is 41.6. The number of nitrogens with one attached hydrogen (secondary N) is 3. The van der Waals surface area contributed by atoms with E-state index in [-0.39, 0.29) is 37.5 Å². The lowest BCUT2D eigenvalue weighted by Crippen LogP contribution is -2.64. The summed E-state index contributed by atoms with van der Waals surface area (Å²) < 4.78 is 10.9. The number of nitrogens with two attached hydrogens (primary N) is 1.